The van der Waals surface area contributed by atoms with E-state index in [0.717, 1.165) is 12.8 Å². The molecule has 6 aliphatic rings. The van der Waals surface area contributed by atoms with E-state index in [1.807, 2.05) is 20.8 Å². The van der Waals surface area contributed by atoms with Crippen LogP contribution in [0.5, 0.6) is 0 Å². The van der Waals surface area contributed by atoms with Crippen LogP contribution in [-0.4, -0.2) is 152 Å². The molecule has 0 spiro atoms. The molecule has 0 radical (unpaired) electrons. The number of aliphatic hydroxyl groups is 9. The molecule has 0 amide bonds. The van der Waals surface area contributed by atoms with E-state index < -0.39 is 108 Å². The Kier molecular flexibility index (Phi) is 12.2. The van der Waals surface area contributed by atoms with Crippen molar-refractivity contribution in [2.75, 3.05) is 20.3 Å². The van der Waals surface area contributed by atoms with Crippen LogP contribution in [0.2, 0.25) is 0 Å². The zero-order valence-electron chi connectivity index (χ0n) is 31.6. The minimum Gasteiger partial charge on any atom is -0.394 e. The Labute approximate surface area is 307 Å². The smallest absolute Gasteiger partial charge is 0.186 e. The van der Waals surface area contributed by atoms with Crippen molar-refractivity contribution < 1.29 is 69.6 Å². The minimum atomic E-state index is -1.35. The van der Waals surface area contributed by atoms with Crippen LogP contribution in [0.25, 0.3) is 0 Å². The van der Waals surface area contributed by atoms with Gasteiger partial charge in [0.05, 0.1) is 49.3 Å². The Morgan fingerprint density at radius 1 is 0.808 bits per heavy atom. The molecular weight excluding hydrogens is 680 g/mol. The maximum absolute atomic E-state index is 12.8. The van der Waals surface area contributed by atoms with E-state index in [4.69, 9.17) is 23.7 Å². The molecule has 21 atom stereocenters. The van der Waals surface area contributed by atoms with E-state index in [0.29, 0.717) is 32.1 Å². The number of fused-ring (bicyclic) bond motifs is 5. The second kappa shape index (κ2) is 15.4. The molecule has 2 saturated heterocycles. The lowest BCUT2D eigenvalue weighted by Crippen LogP contribution is -2.71. The Morgan fingerprint density at radius 2 is 1.50 bits per heavy atom. The van der Waals surface area contributed by atoms with Crippen molar-refractivity contribution in [3.05, 3.63) is 0 Å². The molecule has 52 heavy (non-hydrogen) atoms. The van der Waals surface area contributed by atoms with Crippen molar-refractivity contribution in [1.82, 2.24) is 0 Å². The molecule has 0 bridgehead atoms. The summed E-state index contributed by atoms with van der Waals surface area (Å²) in [7, 11) is 1.39. The molecule has 21 unspecified atom stereocenters. The van der Waals surface area contributed by atoms with Crippen LogP contribution < -0.4 is 0 Å². The normalized spacial score (nSPS) is 53.3. The Bertz CT molecular complexity index is 1210. The summed E-state index contributed by atoms with van der Waals surface area (Å²) in [4.78, 5) is 0. The highest BCUT2D eigenvalue weighted by Gasteiger charge is 2.72. The van der Waals surface area contributed by atoms with Crippen LogP contribution in [0.15, 0.2) is 0 Å². The van der Waals surface area contributed by atoms with E-state index in [-0.39, 0.29) is 42.8 Å². The van der Waals surface area contributed by atoms with Crippen LogP contribution in [0.3, 0.4) is 0 Å². The third kappa shape index (κ3) is 6.82. The second-order valence-corrected chi connectivity index (χ2v) is 18.1. The number of aliphatic hydroxyl groups excluding tert-OH is 8. The van der Waals surface area contributed by atoms with Gasteiger partial charge in [-0.05, 0) is 79.4 Å². The highest BCUT2D eigenvalue weighted by Crippen LogP contribution is 2.70. The molecule has 2 heterocycles. The van der Waals surface area contributed by atoms with Gasteiger partial charge in [0.15, 0.2) is 12.6 Å². The predicted molar refractivity (Wildman–Crippen MR) is 184 cm³/mol. The molecule has 6 fully saturated rings. The number of hydrogen-bond acceptors (Lipinski definition) is 14. The van der Waals surface area contributed by atoms with Gasteiger partial charge in [0.1, 0.15) is 36.6 Å². The molecule has 9 N–H and O–H groups in total. The van der Waals surface area contributed by atoms with Crippen LogP contribution in [-0.2, 0) is 23.7 Å². The van der Waals surface area contributed by atoms with Gasteiger partial charge in [-0.25, -0.2) is 0 Å². The molecule has 0 aromatic rings. The van der Waals surface area contributed by atoms with Gasteiger partial charge in [-0.3, -0.25) is 0 Å². The average Bonchev–Trinajstić information content (AvgIpc) is 3.52. The first-order valence-electron chi connectivity index (χ1n) is 19.6. The molecule has 2 aliphatic heterocycles. The van der Waals surface area contributed by atoms with Crippen LogP contribution in [0.4, 0.5) is 0 Å². The van der Waals surface area contributed by atoms with Gasteiger partial charge in [-0.1, -0.05) is 34.6 Å². The number of hydrogen-bond donors (Lipinski definition) is 9. The maximum Gasteiger partial charge on any atom is 0.186 e. The summed E-state index contributed by atoms with van der Waals surface area (Å²) in [5.74, 6) is -0.995. The van der Waals surface area contributed by atoms with Gasteiger partial charge >= 0.3 is 0 Å². The van der Waals surface area contributed by atoms with E-state index in [2.05, 4.69) is 13.8 Å². The Balaban J connectivity index is 1.14. The largest absolute Gasteiger partial charge is 0.394 e. The summed E-state index contributed by atoms with van der Waals surface area (Å²) >= 11 is 0. The fraction of sp³-hybridized carbons (Fsp3) is 1.00. The third-order valence-corrected chi connectivity index (χ3v) is 14.9. The molecule has 0 aromatic heterocycles. The molecule has 0 aromatic carbocycles. The first-order chi connectivity index (χ1) is 24.4. The van der Waals surface area contributed by atoms with E-state index in [9.17, 15) is 46.0 Å². The summed E-state index contributed by atoms with van der Waals surface area (Å²) in [6.45, 7) is 9.90. The van der Waals surface area contributed by atoms with Crippen LogP contribution in [0, 0.1) is 46.3 Å². The van der Waals surface area contributed by atoms with E-state index in [1.165, 1.54) is 7.11 Å². The van der Waals surface area contributed by atoms with Gasteiger partial charge in [0, 0.05) is 25.4 Å². The highest BCUT2D eigenvalue weighted by atomic mass is 16.7. The first kappa shape index (κ1) is 41.1. The van der Waals surface area contributed by atoms with Gasteiger partial charge < -0.3 is 69.6 Å². The Hall–Kier alpha value is -0.560. The molecule has 6 rings (SSSR count). The zero-order valence-corrected chi connectivity index (χ0v) is 31.6. The maximum atomic E-state index is 12.8. The quantitative estimate of drug-likeness (QED) is 0.127. The number of rotatable bonds is 11. The monoisotopic (exact) mass is 746 g/mol. The van der Waals surface area contributed by atoms with E-state index in [1.54, 1.807) is 0 Å². The Morgan fingerprint density at radius 3 is 2.13 bits per heavy atom. The van der Waals surface area contributed by atoms with Gasteiger partial charge in [0.25, 0.3) is 0 Å². The van der Waals surface area contributed by atoms with E-state index >= 15 is 0 Å². The molecular formula is C38H66O14. The minimum absolute atomic E-state index is 0.0271. The lowest BCUT2D eigenvalue weighted by molar-refractivity contribution is -0.320. The molecule has 14 nitrogen and oxygen atoms in total. The predicted octanol–water partition coefficient (Wildman–Crippen LogP) is 0.0474. The summed E-state index contributed by atoms with van der Waals surface area (Å²) in [6, 6.07) is 0. The van der Waals surface area contributed by atoms with Crippen molar-refractivity contribution in [2.45, 2.75) is 171 Å². The van der Waals surface area contributed by atoms with Gasteiger partial charge in [-0.2, -0.15) is 0 Å². The lowest BCUT2D eigenvalue weighted by Gasteiger charge is -2.66. The summed E-state index contributed by atoms with van der Waals surface area (Å²) in [6.07, 6.45) is -8.22. The van der Waals surface area contributed by atoms with Gasteiger partial charge in [0.2, 0.25) is 0 Å². The summed E-state index contributed by atoms with van der Waals surface area (Å²) in [5.41, 5.74) is -2.39. The van der Waals surface area contributed by atoms with Crippen LogP contribution in [0.1, 0.15) is 86.0 Å². The standard InChI is InChI=1S/C38H66O14/c1-17(2)23(50-34-31(46)30(45)25(15-39)52-34)8-7-18(3)19-13-20(40)33-36(19,4)12-10-26-37(5)11-9-24(29(44)27(37)21(41)14-38(26,33)47)51-35-32(48-6)28(43)22(42)16-49-35/h17-35,39-47H,7-16H2,1-6H3. The number of methoxy groups -OCH3 is 1. The second-order valence-electron chi connectivity index (χ2n) is 18.1. The third-order valence-electron chi connectivity index (χ3n) is 14.9. The number of ether oxygens (including phenoxy) is 5. The van der Waals surface area contributed by atoms with Crippen molar-refractivity contribution in [3.63, 3.8) is 0 Å². The molecule has 4 aliphatic carbocycles. The highest BCUT2D eigenvalue weighted by molar-refractivity contribution is 5.21. The van der Waals surface area contributed by atoms with Crippen molar-refractivity contribution in [2.24, 2.45) is 46.3 Å². The summed E-state index contributed by atoms with van der Waals surface area (Å²) < 4.78 is 29.0. The first-order valence-corrected chi connectivity index (χ1v) is 19.6. The van der Waals surface area contributed by atoms with Crippen molar-refractivity contribution >= 4 is 0 Å². The molecule has 14 heteroatoms. The van der Waals surface area contributed by atoms with Gasteiger partial charge in [-0.15, -0.1) is 0 Å². The zero-order chi connectivity index (χ0) is 38.1. The average molecular weight is 747 g/mol. The van der Waals surface area contributed by atoms with Crippen molar-refractivity contribution in [3.8, 4) is 0 Å². The fourth-order valence-corrected chi connectivity index (χ4v) is 12.3. The topological polar surface area (TPSA) is 228 Å². The molecule has 4 saturated carbocycles. The molecule has 302 valence electrons. The fourth-order valence-electron chi connectivity index (χ4n) is 12.3. The SMILES string of the molecule is COC1C(OC2CCC3(C)C(C(O)CC4(O)C3CCC3(C)C(C(C)CCC(OC5OC(CO)C(O)C5O)C(C)C)CC(O)C34)C2O)OCC(O)C1O. The summed E-state index contributed by atoms with van der Waals surface area (Å²) in [5, 5.41) is 98.9. The van der Waals surface area contributed by atoms with Crippen LogP contribution >= 0.6 is 0 Å². The lowest BCUT2D eigenvalue weighted by atomic mass is 9.41. The van der Waals surface area contributed by atoms with Crippen molar-refractivity contribution in [1.29, 1.82) is 0 Å².